The zero-order chi connectivity index (χ0) is 24.8. The first-order chi connectivity index (χ1) is 16.9. The number of aliphatic hydroxyl groups excluding tert-OH is 1. The summed E-state index contributed by atoms with van der Waals surface area (Å²) in [6.07, 6.45) is 2.75. The van der Waals surface area contributed by atoms with Crippen LogP contribution >= 0.6 is 0 Å². The fourth-order valence-electron chi connectivity index (χ4n) is 5.48. The molecule has 2 amide bonds. The monoisotopic (exact) mass is 483 g/mol. The molecule has 0 bridgehead atoms. The quantitative estimate of drug-likeness (QED) is 0.538. The molecule has 0 radical (unpaired) electrons. The van der Waals surface area contributed by atoms with Crippen LogP contribution in [0.1, 0.15) is 37.7 Å². The van der Waals surface area contributed by atoms with Gasteiger partial charge in [-0.05, 0) is 63.6 Å². The fourth-order valence-corrected chi connectivity index (χ4v) is 5.48. The molecule has 4 rings (SSSR count). The number of hydrogen-bond donors (Lipinski definition) is 3. The SMILES string of the molecule is CN1CCC(OC(=O)N2C[C@H](Cc3ccccc3)C[C@H]2C(=O)N[C@H](C#N)C[C@@H]2CCNC2O)CC1. The van der Waals surface area contributed by atoms with E-state index in [9.17, 15) is 20.0 Å². The lowest BCUT2D eigenvalue weighted by molar-refractivity contribution is -0.125. The van der Waals surface area contributed by atoms with Crippen LogP contribution in [0.3, 0.4) is 0 Å². The van der Waals surface area contributed by atoms with Crippen LogP contribution in [-0.4, -0.2) is 84.5 Å². The second-order valence-corrected chi connectivity index (χ2v) is 10.2. The molecule has 0 aliphatic carbocycles. The highest BCUT2D eigenvalue weighted by Crippen LogP contribution is 2.29. The first-order valence-corrected chi connectivity index (χ1v) is 12.7. The third kappa shape index (κ3) is 6.72. The third-order valence-electron chi connectivity index (χ3n) is 7.55. The summed E-state index contributed by atoms with van der Waals surface area (Å²) in [6.45, 7) is 2.90. The molecule has 35 heavy (non-hydrogen) atoms. The molecule has 3 aliphatic heterocycles. The predicted molar refractivity (Wildman–Crippen MR) is 130 cm³/mol. The largest absolute Gasteiger partial charge is 0.446 e. The lowest BCUT2D eigenvalue weighted by Gasteiger charge is -2.31. The number of nitrogens with one attached hydrogen (secondary N) is 2. The zero-order valence-corrected chi connectivity index (χ0v) is 20.4. The van der Waals surface area contributed by atoms with E-state index in [-0.39, 0.29) is 23.8 Å². The van der Waals surface area contributed by atoms with E-state index >= 15 is 0 Å². The van der Waals surface area contributed by atoms with E-state index in [4.69, 9.17) is 4.74 Å². The number of amides is 2. The van der Waals surface area contributed by atoms with Crippen molar-refractivity contribution in [3.63, 3.8) is 0 Å². The Morgan fingerprint density at radius 1 is 1.26 bits per heavy atom. The van der Waals surface area contributed by atoms with Gasteiger partial charge in [-0.15, -0.1) is 0 Å². The summed E-state index contributed by atoms with van der Waals surface area (Å²) in [7, 11) is 2.05. The molecule has 1 aromatic rings. The molecule has 5 atom stereocenters. The smallest absolute Gasteiger partial charge is 0.410 e. The molecule has 3 saturated heterocycles. The van der Waals surface area contributed by atoms with Gasteiger partial charge < -0.3 is 20.1 Å². The summed E-state index contributed by atoms with van der Waals surface area (Å²) >= 11 is 0. The van der Waals surface area contributed by atoms with Gasteiger partial charge in [0.2, 0.25) is 5.91 Å². The van der Waals surface area contributed by atoms with Crippen molar-refractivity contribution >= 4 is 12.0 Å². The van der Waals surface area contributed by atoms with Gasteiger partial charge in [0, 0.05) is 25.6 Å². The third-order valence-corrected chi connectivity index (χ3v) is 7.55. The Morgan fingerprint density at radius 3 is 2.66 bits per heavy atom. The highest BCUT2D eigenvalue weighted by molar-refractivity contribution is 5.86. The average molecular weight is 484 g/mol. The van der Waals surface area contributed by atoms with Gasteiger partial charge in [-0.1, -0.05) is 30.3 Å². The number of aliphatic hydroxyl groups is 1. The number of hydrogen-bond acceptors (Lipinski definition) is 7. The van der Waals surface area contributed by atoms with Crippen LogP contribution in [0, 0.1) is 23.2 Å². The van der Waals surface area contributed by atoms with Gasteiger partial charge in [-0.3, -0.25) is 15.0 Å². The Bertz CT molecular complexity index is 899. The number of carbonyl (C=O) groups is 2. The lowest BCUT2D eigenvalue weighted by Crippen LogP contribution is -2.50. The summed E-state index contributed by atoms with van der Waals surface area (Å²) in [4.78, 5) is 30.3. The van der Waals surface area contributed by atoms with Gasteiger partial charge in [-0.25, -0.2) is 4.79 Å². The number of benzene rings is 1. The van der Waals surface area contributed by atoms with Crippen molar-refractivity contribution in [3.8, 4) is 6.07 Å². The number of piperidine rings is 1. The number of carbonyl (C=O) groups excluding carboxylic acids is 2. The van der Waals surface area contributed by atoms with Crippen molar-refractivity contribution in [2.75, 3.05) is 33.2 Å². The van der Waals surface area contributed by atoms with Crippen LogP contribution < -0.4 is 10.6 Å². The molecule has 3 aliphatic rings. The van der Waals surface area contributed by atoms with Gasteiger partial charge in [-0.2, -0.15) is 5.26 Å². The Kier molecular flexibility index (Phi) is 8.60. The summed E-state index contributed by atoms with van der Waals surface area (Å²) in [5.41, 5.74) is 1.17. The van der Waals surface area contributed by atoms with E-state index < -0.39 is 24.4 Å². The molecule has 9 heteroatoms. The molecular weight excluding hydrogens is 446 g/mol. The Hall–Kier alpha value is -2.67. The summed E-state index contributed by atoms with van der Waals surface area (Å²) in [5, 5.41) is 25.5. The molecule has 9 nitrogen and oxygen atoms in total. The first kappa shape index (κ1) is 25.4. The van der Waals surface area contributed by atoms with Crippen molar-refractivity contribution in [1.29, 1.82) is 5.26 Å². The average Bonchev–Trinajstić information content (AvgIpc) is 3.47. The molecule has 190 valence electrons. The normalized spacial score (nSPS) is 28.4. The van der Waals surface area contributed by atoms with Crippen LogP contribution in [0.25, 0.3) is 0 Å². The van der Waals surface area contributed by atoms with Crippen LogP contribution in [-0.2, 0) is 16.0 Å². The molecule has 3 heterocycles. The van der Waals surface area contributed by atoms with E-state index in [0.29, 0.717) is 25.9 Å². The Morgan fingerprint density at radius 2 is 2.00 bits per heavy atom. The number of ether oxygens (including phenoxy) is 1. The molecule has 3 N–H and O–H groups in total. The Balaban J connectivity index is 1.42. The topological polar surface area (TPSA) is 118 Å². The maximum atomic E-state index is 13.3. The minimum atomic E-state index is -0.720. The van der Waals surface area contributed by atoms with Gasteiger partial charge in [0.05, 0.1) is 6.07 Å². The second kappa shape index (κ2) is 11.8. The van der Waals surface area contributed by atoms with Gasteiger partial charge in [0.1, 0.15) is 24.4 Å². The van der Waals surface area contributed by atoms with E-state index in [2.05, 4.69) is 40.8 Å². The molecule has 1 unspecified atom stereocenters. The van der Waals surface area contributed by atoms with Gasteiger partial charge in [0.25, 0.3) is 0 Å². The predicted octanol–water partition coefficient (Wildman–Crippen LogP) is 1.48. The van der Waals surface area contributed by atoms with E-state index in [1.807, 2.05) is 18.2 Å². The van der Waals surface area contributed by atoms with Gasteiger partial charge in [0.15, 0.2) is 0 Å². The highest BCUT2D eigenvalue weighted by Gasteiger charge is 2.42. The maximum Gasteiger partial charge on any atom is 0.410 e. The van der Waals surface area contributed by atoms with Crippen LogP contribution in [0.4, 0.5) is 4.79 Å². The molecule has 3 fully saturated rings. The van der Waals surface area contributed by atoms with E-state index in [1.165, 1.54) is 5.56 Å². The minimum absolute atomic E-state index is 0.0835. The zero-order valence-electron chi connectivity index (χ0n) is 20.4. The van der Waals surface area contributed by atoms with Crippen molar-refractivity contribution in [2.24, 2.45) is 11.8 Å². The minimum Gasteiger partial charge on any atom is -0.446 e. The summed E-state index contributed by atoms with van der Waals surface area (Å²) in [6, 6.07) is 10.8. The van der Waals surface area contributed by atoms with E-state index in [1.54, 1.807) is 4.90 Å². The highest BCUT2D eigenvalue weighted by atomic mass is 16.6. The van der Waals surface area contributed by atoms with Crippen LogP contribution in [0.5, 0.6) is 0 Å². The Labute approximate surface area is 207 Å². The van der Waals surface area contributed by atoms with Gasteiger partial charge >= 0.3 is 6.09 Å². The maximum absolute atomic E-state index is 13.3. The first-order valence-electron chi connectivity index (χ1n) is 12.7. The number of nitriles is 1. The van der Waals surface area contributed by atoms with Crippen molar-refractivity contribution < 1.29 is 19.4 Å². The standard InChI is InChI=1S/C26H37N5O4/c1-30-11-8-22(9-12-30)35-26(34)31-17-19(13-18-5-3-2-4-6-18)14-23(31)25(33)29-21(16-27)15-20-7-10-28-24(20)32/h2-6,19-24,28,32H,7-15,17H2,1H3,(H,29,33)/t19-,20+,21+,23+,24?/m1/s1. The van der Waals surface area contributed by atoms with E-state index in [0.717, 1.165) is 38.8 Å². The van der Waals surface area contributed by atoms with Crippen molar-refractivity contribution in [2.45, 2.75) is 62.9 Å². The van der Waals surface area contributed by atoms with Crippen molar-refractivity contribution in [3.05, 3.63) is 35.9 Å². The number of nitrogens with zero attached hydrogens (tertiary/aromatic N) is 3. The molecule has 0 spiro atoms. The molecule has 0 aromatic heterocycles. The second-order valence-electron chi connectivity index (χ2n) is 10.2. The molecular formula is C26H37N5O4. The van der Waals surface area contributed by atoms with Crippen LogP contribution in [0.2, 0.25) is 0 Å². The molecule has 0 saturated carbocycles. The summed E-state index contributed by atoms with van der Waals surface area (Å²) < 4.78 is 5.83. The van der Waals surface area contributed by atoms with Crippen molar-refractivity contribution in [1.82, 2.24) is 20.4 Å². The van der Waals surface area contributed by atoms with Crippen LogP contribution in [0.15, 0.2) is 30.3 Å². The summed E-state index contributed by atoms with van der Waals surface area (Å²) in [5.74, 6) is -0.285. The fraction of sp³-hybridized carbons (Fsp3) is 0.654. The number of likely N-dealkylation sites (tertiary alicyclic amines) is 2. The number of rotatable bonds is 7. The lowest BCUT2D eigenvalue weighted by atomic mass is 9.96. The molecule has 1 aromatic carbocycles.